The quantitative estimate of drug-likeness (QED) is 0.540. The number of aliphatic hydroxyl groups excluding tert-OH is 1. The number of ketones is 1. The second-order valence-electron chi connectivity index (χ2n) is 8.73. The molecule has 1 aromatic heterocycles. The fourth-order valence-corrected chi connectivity index (χ4v) is 5.69. The maximum Gasteiger partial charge on any atom is 0.219 e. The number of aryl methyl sites for hydroxylation is 1. The normalized spacial score (nSPS) is 26.2. The zero-order chi connectivity index (χ0) is 22.0. The number of ether oxygens (including phenoxy) is 2. The van der Waals surface area contributed by atoms with Crippen molar-refractivity contribution >= 4 is 33.9 Å². The Morgan fingerprint density at radius 3 is 2.69 bits per heavy atom. The highest BCUT2D eigenvalue weighted by Gasteiger charge is 2.59. The molecule has 0 amide bonds. The second kappa shape index (κ2) is 7.32. The average Bonchev–Trinajstić information content (AvgIpc) is 3.48. The second-order valence-corrected chi connectivity index (χ2v) is 9.16. The lowest BCUT2D eigenvalue weighted by atomic mass is 9.80. The van der Waals surface area contributed by atoms with Crippen molar-refractivity contribution in [1.82, 2.24) is 4.98 Å². The molecular formula is C26H22ClNO4. The standard InChI is InChI=1S/C26H22ClNO4/c1-2-13-12-16(31-21-10-3-14-11-15(27)4-7-18(14)28-21)5-6-17(13)22-25(29)23-19-8-9-20(32-19)24(23)26(22)30/h3-7,10-12,19-20,23-24,29H,2,8-9H2,1H3/t19-,20+,23+,24-/m0/s1. The molecular weight excluding hydrogens is 426 g/mol. The Balaban J connectivity index is 1.32. The Bertz CT molecular complexity index is 1300. The van der Waals surface area contributed by atoms with Crippen LogP contribution in [0.15, 0.2) is 54.3 Å². The first-order valence-corrected chi connectivity index (χ1v) is 11.4. The minimum atomic E-state index is -0.236. The van der Waals surface area contributed by atoms with Crippen LogP contribution < -0.4 is 4.74 Å². The van der Waals surface area contributed by atoms with Gasteiger partial charge in [0.2, 0.25) is 5.88 Å². The molecule has 3 aliphatic rings. The van der Waals surface area contributed by atoms with Crippen molar-refractivity contribution in [3.8, 4) is 11.6 Å². The van der Waals surface area contributed by atoms with Gasteiger partial charge < -0.3 is 14.6 Å². The summed E-state index contributed by atoms with van der Waals surface area (Å²) in [4.78, 5) is 17.8. The average molecular weight is 448 g/mol. The number of carbonyl (C=O) groups is 1. The van der Waals surface area contributed by atoms with E-state index in [1.54, 1.807) is 6.07 Å². The Labute approximate surface area is 190 Å². The number of aliphatic hydroxyl groups is 1. The van der Waals surface area contributed by atoms with Crippen LogP contribution in [0.25, 0.3) is 16.5 Å². The molecule has 1 N–H and O–H groups in total. The van der Waals surface area contributed by atoms with Gasteiger partial charge in [-0.1, -0.05) is 24.6 Å². The van der Waals surface area contributed by atoms with Gasteiger partial charge in [0.25, 0.3) is 0 Å². The van der Waals surface area contributed by atoms with Crippen LogP contribution in [-0.2, 0) is 16.0 Å². The number of aromatic nitrogens is 1. The molecule has 0 unspecified atom stereocenters. The molecule has 162 valence electrons. The van der Waals surface area contributed by atoms with E-state index >= 15 is 0 Å². The van der Waals surface area contributed by atoms with Gasteiger partial charge in [-0.2, -0.15) is 0 Å². The van der Waals surface area contributed by atoms with Gasteiger partial charge in [-0.15, -0.1) is 0 Å². The Hall–Kier alpha value is -2.89. The van der Waals surface area contributed by atoms with E-state index in [1.807, 2.05) is 49.4 Å². The van der Waals surface area contributed by atoms with E-state index in [4.69, 9.17) is 21.1 Å². The van der Waals surface area contributed by atoms with E-state index in [9.17, 15) is 9.90 Å². The summed E-state index contributed by atoms with van der Waals surface area (Å²) in [5.41, 5.74) is 3.01. The molecule has 2 aliphatic heterocycles. The SMILES string of the molecule is CCc1cc(Oc2ccc3cc(Cl)ccc3n2)ccc1C1=C(O)[C@H]2[C@@H](C1=O)[C@H]1CC[C@@H]2O1. The first-order valence-electron chi connectivity index (χ1n) is 11.0. The minimum absolute atomic E-state index is 0.0120. The molecule has 2 bridgehead atoms. The van der Waals surface area contributed by atoms with Crippen molar-refractivity contribution < 1.29 is 19.4 Å². The van der Waals surface area contributed by atoms with Crippen LogP contribution in [-0.4, -0.2) is 28.1 Å². The summed E-state index contributed by atoms with van der Waals surface area (Å²) in [6.07, 6.45) is 2.43. The third-order valence-corrected chi connectivity index (χ3v) is 7.20. The van der Waals surface area contributed by atoms with Crippen molar-refractivity contribution in [3.63, 3.8) is 0 Å². The zero-order valence-corrected chi connectivity index (χ0v) is 18.3. The lowest BCUT2D eigenvalue weighted by Crippen LogP contribution is -2.29. The largest absolute Gasteiger partial charge is 0.511 e. The first-order chi connectivity index (χ1) is 15.5. The highest BCUT2D eigenvalue weighted by atomic mass is 35.5. The third kappa shape index (κ3) is 2.95. The molecule has 2 aromatic carbocycles. The van der Waals surface area contributed by atoms with Gasteiger partial charge in [0.15, 0.2) is 5.78 Å². The van der Waals surface area contributed by atoms with E-state index in [0.29, 0.717) is 28.6 Å². The molecule has 6 rings (SSSR count). The van der Waals surface area contributed by atoms with E-state index in [2.05, 4.69) is 4.98 Å². The smallest absolute Gasteiger partial charge is 0.219 e. The molecule has 0 spiro atoms. The summed E-state index contributed by atoms with van der Waals surface area (Å²) in [6.45, 7) is 2.03. The fourth-order valence-electron chi connectivity index (χ4n) is 5.51. The molecule has 6 heteroatoms. The Kier molecular flexibility index (Phi) is 4.52. The van der Waals surface area contributed by atoms with Gasteiger partial charge in [-0.05, 0) is 66.8 Å². The molecule has 2 saturated heterocycles. The molecule has 1 aliphatic carbocycles. The Morgan fingerprint density at radius 2 is 1.91 bits per heavy atom. The van der Waals surface area contributed by atoms with Gasteiger partial charge >= 0.3 is 0 Å². The summed E-state index contributed by atoms with van der Waals surface area (Å²) in [5.74, 6) is 0.910. The summed E-state index contributed by atoms with van der Waals surface area (Å²) in [6, 6.07) is 14.9. The van der Waals surface area contributed by atoms with Crippen molar-refractivity contribution in [2.75, 3.05) is 0 Å². The van der Waals surface area contributed by atoms with Crippen molar-refractivity contribution in [2.24, 2.45) is 11.8 Å². The van der Waals surface area contributed by atoms with Gasteiger partial charge in [-0.3, -0.25) is 4.79 Å². The van der Waals surface area contributed by atoms with Crippen molar-refractivity contribution in [3.05, 3.63) is 70.4 Å². The van der Waals surface area contributed by atoms with Gasteiger partial charge in [0.1, 0.15) is 11.5 Å². The number of Topliss-reactive ketones (excluding diaryl/α,β-unsaturated/α-hetero) is 1. The number of hydrogen-bond donors (Lipinski definition) is 1. The molecule has 3 aromatic rings. The number of halogens is 1. The van der Waals surface area contributed by atoms with E-state index in [-0.39, 0.29) is 35.6 Å². The summed E-state index contributed by atoms with van der Waals surface area (Å²) in [7, 11) is 0. The number of hydrogen-bond acceptors (Lipinski definition) is 5. The number of pyridine rings is 1. The summed E-state index contributed by atoms with van der Waals surface area (Å²) in [5, 5.41) is 12.6. The van der Waals surface area contributed by atoms with Crippen molar-refractivity contribution in [2.45, 2.75) is 38.4 Å². The van der Waals surface area contributed by atoms with Gasteiger partial charge in [0, 0.05) is 16.5 Å². The molecule has 5 nitrogen and oxygen atoms in total. The maximum absolute atomic E-state index is 13.2. The van der Waals surface area contributed by atoms with E-state index in [0.717, 1.165) is 34.9 Å². The highest BCUT2D eigenvalue weighted by molar-refractivity contribution is 6.31. The lowest BCUT2D eigenvalue weighted by Gasteiger charge is -2.19. The maximum atomic E-state index is 13.2. The number of benzene rings is 2. The minimum Gasteiger partial charge on any atom is -0.511 e. The van der Waals surface area contributed by atoms with Crippen LogP contribution in [0.1, 0.15) is 30.9 Å². The third-order valence-electron chi connectivity index (χ3n) is 6.97. The molecule has 2 fully saturated rings. The van der Waals surface area contributed by atoms with Crippen LogP contribution >= 0.6 is 11.6 Å². The topological polar surface area (TPSA) is 68.7 Å². The van der Waals surface area contributed by atoms with Crippen LogP contribution in [0, 0.1) is 11.8 Å². The van der Waals surface area contributed by atoms with Crippen LogP contribution in [0.4, 0.5) is 0 Å². The fraction of sp³-hybridized carbons (Fsp3) is 0.308. The van der Waals surface area contributed by atoms with Crippen molar-refractivity contribution in [1.29, 1.82) is 0 Å². The van der Waals surface area contributed by atoms with Crippen LogP contribution in [0.5, 0.6) is 11.6 Å². The predicted molar refractivity (Wildman–Crippen MR) is 122 cm³/mol. The number of allylic oxidation sites excluding steroid dienone is 1. The predicted octanol–water partition coefficient (Wildman–Crippen LogP) is 5.89. The van der Waals surface area contributed by atoms with Crippen LogP contribution in [0.3, 0.4) is 0 Å². The summed E-state index contributed by atoms with van der Waals surface area (Å²) < 4.78 is 11.9. The van der Waals surface area contributed by atoms with E-state index in [1.165, 1.54) is 0 Å². The van der Waals surface area contributed by atoms with Crippen LogP contribution in [0.2, 0.25) is 5.02 Å². The lowest BCUT2D eigenvalue weighted by molar-refractivity contribution is -0.118. The molecule has 0 radical (unpaired) electrons. The molecule has 3 heterocycles. The molecule has 0 saturated carbocycles. The highest BCUT2D eigenvalue weighted by Crippen LogP contribution is 2.53. The zero-order valence-electron chi connectivity index (χ0n) is 17.5. The summed E-state index contributed by atoms with van der Waals surface area (Å²) >= 11 is 6.05. The van der Waals surface area contributed by atoms with E-state index < -0.39 is 0 Å². The number of carbonyl (C=O) groups excluding carboxylic acids is 1. The Morgan fingerprint density at radius 1 is 1.09 bits per heavy atom. The van der Waals surface area contributed by atoms with Gasteiger partial charge in [-0.25, -0.2) is 4.98 Å². The number of fused-ring (bicyclic) bond motifs is 6. The number of rotatable bonds is 4. The molecule has 4 atom stereocenters. The number of nitrogens with zero attached hydrogens (tertiary/aromatic N) is 1. The molecule has 32 heavy (non-hydrogen) atoms. The van der Waals surface area contributed by atoms with Gasteiger partial charge in [0.05, 0.1) is 35.1 Å². The monoisotopic (exact) mass is 447 g/mol. The first kappa shape index (κ1) is 19.8.